The molecule has 1 saturated carbocycles. The minimum absolute atomic E-state index is 0.123. The van der Waals surface area contributed by atoms with Crippen molar-refractivity contribution in [2.45, 2.75) is 58.6 Å². The largest absolute Gasteiger partial charge is 0.472 e. The lowest BCUT2D eigenvalue weighted by Gasteiger charge is -2.27. The third kappa shape index (κ3) is 3.79. The van der Waals surface area contributed by atoms with Gasteiger partial charge in [0.1, 0.15) is 6.10 Å². The summed E-state index contributed by atoms with van der Waals surface area (Å²) in [5, 5.41) is 0. The molecule has 0 radical (unpaired) electrons. The molecule has 5 heteroatoms. The Morgan fingerprint density at radius 2 is 2.04 bits per heavy atom. The minimum atomic E-state index is 0.123. The Morgan fingerprint density at radius 1 is 1.26 bits per heavy atom. The van der Waals surface area contributed by atoms with Gasteiger partial charge in [0.25, 0.3) is 5.88 Å². The normalized spacial score (nSPS) is 19.1. The molecule has 4 rings (SSSR count). The summed E-state index contributed by atoms with van der Waals surface area (Å²) in [5.74, 6) is 1.44. The van der Waals surface area contributed by atoms with E-state index < -0.39 is 0 Å². The number of benzene rings is 1. The fraction of sp³-hybridized carbons (Fsp3) is 0.545. The minimum Gasteiger partial charge on any atom is -0.472 e. The quantitative estimate of drug-likeness (QED) is 0.887. The molecule has 2 N–H and O–H groups in total. The standard InChI is InChI=1S/C22H30N4O/c1-14-10-17(11-18-13-26(3)9-8-19(14)18)20-12-24-21(23)22(25-20)27-15(2)16-6-4-5-7-16/h10-12,15-16H,4-9,13H2,1-3H3,(H2,23,24). The van der Waals surface area contributed by atoms with Crippen LogP contribution in [0.3, 0.4) is 0 Å². The zero-order valence-electron chi connectivity index (χ0n) is 16.7. The third-order valence-electron chi connectivity index (χ3n) is 6.17. The number of nitrogens with two attached hydrogens (primary N) is 1. The molecular formula is C22H30N4O. The maximum Gasteiger partial charge on any atom is 0.258 e. The molecule has 5 nitrogen and oxygen atoms in total. The first-order valence-corrected chi connectivity index (χ1v) is 10.1. The van der Waals surface area contributed by atoms with Crippen LogP contribution >= 0.6 is 0 Å². The number of anilines is 1. The molecule has 1 aromatic carbocycles. The number of likely N-dealkylation sites (N-methyl/N-ethyl adjacent to an activating group) is 1. The zero-order chi connectivity index (χ0) is 19.0. The molecule has 2 heterocycles. The van der Waals surface area contributed by atoms with Crippen LogP contribution in [0.25, 0.3) is 11.3 Å². The molecule has 1 fully saturated rings. The highest BCUT2D eigenvalue weighted by molar-refractivity contribution is 5.64. The van der Waals surface area contributed by atoms with Crippen molar-refractivity contribution in [3.8, 4) is 17.1 Å². The lowest BCUT2D eigenvalue weighted by molar-refractivity contribution is 0.148. The predicted octanol–water partition coefficient (Wildman–Crippen LogP) is 3.98. The van der Waals surface area contributed by atoms with Gasteiger partial charge in [-0.25, -0.2) is 9.97 Å². The van der Waals surface area contributed by atoms with E-state index in [0.29, 0.717) is 17.6 Å². The molecule has 1 unspecified atom stereocenters. The molecule has 2 aliphatic rings. The van der Waals surface area contributed by atoms with E-state index in [0.717, 1.165) is 30.8 Å². The first-order valence-electron chi connectivity index (χ1n) is 10.1. The molecular weight excluding hydrogens is 336 g/mol. The summed E-state index contributed by atoms with van der Waals surface area (Å²) in [6.45, 7) is 6.42. The van der Waals surface area contributed by atoms with Crippen LogP contribution in [-0.2, 0) is 13.0 Å². The van der Waals surface area contributed by atoms with Gasteiger partial charge in [-0.15, -0.1) is 0 Å². The fourth-order valence-corrected chi connectivity index (χ4v) is 4.52. The van der Waals surface area contributed by atoms with Crippen molar-refractivity contribution in [3.05, 3.63) is 35.0 Å². The molecule has 1 aliphatic carbocycles. The van der Waals surface area contributed by atoms with Crippen LogP contribution in [0.15, 0.2) is 18.3 Å². The van der Waals surface area contributed by atoms with Crippen molar-refractivity contribution in [2.24, 2.45) is 5.92 Å². The summed E-state index contributed by atoms with van der Waals surface area (Å²) >= 11 is 0. The highest BCUT2D eigenvalue weighted by atomic mass is 16.5. The average molecular weight is 367 g/mol. The fourth-order valence-electron chi connectivity index (χ4n) is 4.52. The molecule has 0 spiro atoms. The van der Waals surface area contributed by atoms with Gasteiger partial charge in [0, 0.05) is 18.7 Å². The number of aryl methyl sites for hydroxylation is 1. The van der Waals surface area contributed by atoms with Crippen LogP contribution in [0.4, 0.5) is 5.82 Å². The molecule has 27 heavy (non-hydrogen) atoms. The first-order chi connectivity index (χ1) is 13.0. The molecule has 1 atom stereocenters. The van der Waals surface area contributed by atoms with Gasteiger partial charge in [-0.3, -0.25) is 0 Å². The van der Waals surface area contributed by atoms with Crippen molar-refractivity contribution in [3.63, 3.8) is 0 Å². The number of fused-ring (bicyclic) bond motifs is 1. The monoisotopic (exact) mass is 366 g/mol. The van der Waals surface area contributed by atoms with Gasteiger partial charge in [-0.2, -0.15) is 0 Å². The van der Waals surface area contributed by atoms with Gasteiger partial charge in [0.15, 0.2) is 5.82 Å². The van der Waals surface area contributed by atoms with E-state index in [1.807, 2.05) is 0 Å². The van der Waals surface area contributed by atoms with E-state index in [1.54, 1.807) is 6.20 Å². The number of rotatable bonds is 4. The van der Waals surface area contributed by atoms with E-state index in [1.165, 1.54) is 42.4 Å². The van der Waals surface area contributed by atoms with Crippen LogP contribution in [0.5, 0.6) is 5.88 Å². The van der Waals surface area contributed by atoms with Gasteiger partial charge < -0.3 is 15.4 Å². The number of nitrogens with zero attached hydrogens (tertiary/aromatic N) is 3. The van der Waals surface area contributed by atoms with Crippen LogP contribution < -0.4 is 10.5 Å². The summed E-state index contributed by atoms with van der Waals surface area (Å²) in [6.07, 6.45) is 8.04. The van der Waals surface area contributed by atoms with Crippen LogP contribution in [-0.4, -0.2) is 34.6 Å². The maximum atomic E-state index is 6.14. The highest BCUT2D eigenvalue weighted by Gasteiger charge is 2.24. The Hall–Kier alpha value is -2.14. The van der Waals surface area contributed by atoms with Gasteiger partial charge in [-0.05, 0) is 74.9 Å². The molecule has 0 saturated heterocycles. The summed E-state index contributed by atoms with van der Waals surface area (Å²) in [7, 11) is 2.17. The summed E-state index contributed by atoms with van der Waals surface area (Å²) < 4.78 is 6.14. The average Bonchev–Trinajstić information content (AvgIpc) is 3.18. The Kier molecular flexibility index (Phi) is 5.04. The van der Waals surface area contributed by atoms with E-state index in [4.69, 9.17) is 15.5 Å². The second-order valence-corrected chi connectivity index (χ2v) is 8.23. The van der Waals surface area contributed by atoms with E-state index in [9.17, 15) is 0 Å². The van der Waals surface area contributed by atoms with E-state index in [-0.39, 0.29) is 6.10 Å². The van der Waals surface area contributed by atoms with Crippen molar-refractivity contribution in [1.29, 1.82) is 0 Å². The molecule has 1 aromatic heterocycles. The first kappa shape index (κ1) is 18.2. The molecule has 1 aliphatic heterocycles. The second kappa shape index (κ2) is 7.47. The van der Waals surface area contributed by atoms with Gasteiger partial charge in [-0.1, -0.05) is 12.8 Å². The Balaban J connectivity index is 1.62. The summed E-state index contributed by atoms with van der Waals surface area (Å²) in [4.78, 5) is 11.5. The van der Waals surface area contributed by atoms with E-state index >= 15 is 0 Å². The maximum absolute atomic E-state index is 6.14. The number of nitrogen functional groups attached to an aromatic ring is 1. The van der Waals surface area contributed by atoms with Crippen molar-refractivity contribution >= 4 is 5.82 Å². The lowest BCUT2D eigenvalue weighted by Crippen LogP contribution is -2.27. The second-order valence-electron chi connectivity index (χ2n) is 8.23. The zero-order valence-corrected chi connectivity index (χ0v) is 16.7. The number of aromatic nitrogens is 2. The van der Waals surface area contributed by atoms with Gasteiger partial charge >= 0.3 is 0 Å². The summed E-state index contributed by atoms with van der Waals surface area (Å²) in [6, 6.07) is 4.47. The van der Waals surface area contributed by atoms with Crippen molar-refractivity contribution in [2.75, 3.05) is 19.3 Å². The van der Waals surface area contributed by atoms with E-state index in [2.05, 4.69) is 42.9 Å². The predicted molar refractivity (Wildman–Crippen MR) is 109 cm³/mol. The molecule has 0 amide bonds. The molecule has 144 valence electrons. The lowest BCUT2D eigenvalue weighted by atomic mass is 9.92. The van der Waals surface area contributed by atoms with Crippen molar-refractivity contribution < 1.29 is 4.74 Å². The van der Waals surface area contributed by atoms with Crippen molar-refractivity contribution in [1.82, 2.24) is 14.9 Å². The van der Waals surface area contributed by atoms with Crippen LogP contribution in [0, 0.1) is 12.8 Å². The number of hydrogen-bond acceptors (Lipinski definition) is 5. The summed E-state index contributed by atoms with van der Waals surface area (Å²) in [5.41, 5.74) is 12.2. The Labute approximate surface area is 162 Å². The number of ether oxygens (including phenoxy) is 1. The van der Waals surface area contributed by atoms with Gasteiger partial charge in [0.05, 0.1) is 11.9 Å². The van der Waals surface area contributed by atoms with Crippen LogP contribution in [0.2, 0.25) is 0 Å². The number of hydrogen-bond donors (Lipinski definition) is 1. The SMILES string of the molecule is Cc1cc(-c2cnc(N)c(OC(C)C3CCCC3)n2)cc2c1CCN(C)C2. The van der Waals surface area contributed by atoms with Gasteiger partial charge in [0.2, 0.25) is 0 Å². The molecule has 0 bridgehead atoms. The highest BCUT2D eigenvalue weighted by Crippen LogP contribution is 2.32. The van der Waals surface area contributed by atoms with Crippen LogP contribution in [0.1, 0.15) is 49.3 Å². The Bertz CT molecular complexity index is 829. The smallest absolute Gasteiger partial charge is 0.258 e. The topological polar surface area (TPSA) is 64.3 Å². The third-order valence-corrected chi connectivity index (χ3v) is 6.17. The molecule has 2 aromatic rings. The Morgan fingerprint density at radius 3 is 2.81 bits per heavy atom.